The molecule has 16 heavy (non-hydrogen) atoms. The average Bonchev–Trinajstić information content (AvgIpc) is 2.30. The zero-order valence-corrected chi connectivity index (χ0v) is 12.3. The van der Waals surface area contributed by atoms with Crippen molar-refractivity contribution in [1.29, 1.82) is 0 Å². The van der Waals surface area contributed by atoms with Gasteiger partial charge in [-0.2, -0.15) is 0 Å². The number of anilines is 1. The molecule has 2 rings (SSSR count). The van der Waals surface area contributed by atoms with Crippen LogP contribution in [-0.4, -0.2) is 0 Å². The quantitative estimate of drug-likeness (QED) is 0.755. The van der Waals surface area contributed by atoms with Crippen LogP contribution >= 0.6 is 38.5 Å². The van der Waals surface area contributed by atoms with Gasteiger partial charge in [-0.15, -0.1) is 0 Å². The Bertz CT molecular complexity index is 468. The van der Waals surface area contributed by atoms with Crippen molar-refractivity contribution in [2.45, 2.75) is 6.54 Å². The van der Waals surface area contributed by atoms with E-state index < -0.39 is 0 Å². The van der Waals surface area contributed by atoms with Crippen molar-refractivity contribution in [1.82, 2.24) is 0 Å². The van der Waals surface area contributed by atoms with Gasteiger partial charge in [0.15, 0.2) is 0 Å². The zero-order chi connectivity index (χ0) is 11.4. The first kappa shape index (κ1) is 11.9. The van der Waals surface area contributed by atoms with E-state index >= 15 is 0 Å². The van der Waals surface area contributed by atoms with Crippen LogP contribution < -0.4 is 5.32 Å². The standard InChI is InChI=1S/C13H11BrIN/c14-13-4-2-1-3-10(13)9-16-12-7-5-11(15)6-8-12/h1-8,16H,9H2. The predicted molar refractivity (Wildman–Crippen MR) is 80.6 cm³/mol. The van der Waals surface area contributed by atoms with Gasteiger partial charge < -0.3 is 5.32 Å². The molecule has 0 aliphatic heterocycles. The van der Waals surface area contributed by atoms with Gasteiger partial charge in [0.25, 0.3) is 0 Å². The fourth-order valence-electron chi connectivity index (χ4n) is 1.41. The SMILES string of the molecule is Brc1ccccc1CNc1ccc(I)cc1. The van der Waals surface area contributed by atoms with Crippen molar-refractivity contribution in [3.8, 4) is 0 Å². The van der Waals surface area contributed by atoms with Crippen LogP contribution in [0.5, 0.6) is 0 Å². The van der Waals surface area contributed by atoms with Crippen molar-refractivity contribution < 1.29 is 0 Å². The molecule has 0 unspecified atom stereocenters. The Morgan fingerprint density at radius 2 is 1.69 bits per heavy atom. The van der Waals surface area contributed by atoms with Crippen LogP contribution in [0.1, 0.15) is 5.56 Å². The second-order valence-corrected chi connectivity index (χ2v) is 5.55. The van der Waals surface area contributed by atoms with E-state index in [2.05, 4.69) is 86.3 Å². The highest BCUT2D eigenvalue weighted by atomic mass is 127. The third-order valence-electron chi connectivity index (χ3n) is 2.29. The first-order chi connectivity index (χ1) is 7.75. The molecule has 1 nitrogen and oxygen atoms in total. The summed E-state index contributed by atoms with van der Waals surface area (Å²) in [6.07, 6.45) is 0. The molecule has 1 N–H and O–H groups in total. The molecular formula is C13H11BrIN. The number of halogens is 2. The van der Waals surface area contributed by atoms with E-state index in [0.717, 1.165) is 16.7 Å². The van der Waals surface area contributed by atoms with Crippen molar-refractivity contribution >= 4 is 44.2 Å². The Hall–Kier alpha value is -0.550. The van der Waals surface area contributed by atoms with Crippen LogP contribution in [0.4, 0.5) is 5.69 Å². The molecular weight excluding hydrogens is 377 g/mol. The zero-order valence-electron chi connectivity index (χ0n) is 8.58. The summed E-state index contributed by atoms with van der Waals surface area (Å²) >= 11 is 5.85. The van der Waals surface area contributed by atoms with Gasteiger partial charge in [-0.25, -0.2) is 0 Å². The second-order valence-electron chi connectivity index (χ2n) is 3.45. The number of rotatable bonds is 3. The lowest BCUT2D eigenvalue weighted by Gasteiger charge is -2.08. The molecule has 0 aromatic heterocycles. The van der Waals surface area contributed by atoms with E-state index in [1.54, 1.807) is 0 Å². The Kier molecular flexibility index (Phi) is 4.23. The molecule has 0 amide bonds. The number of hydrogen-bond donors (Lipinski definition) is 1. The molecule has 2 aromatic carbocycles. The van der Waals surface area contributed by atoms with Crippen LogP contribution in [0.25, 0.3) is 0 Å². The second kappa shape index (κ2) is 5.68. The third kappa shape index (κ3) is 3.22. The largest absolute Gasteiger partial charge is 0.381 e. The molecule has 0 aliphatic rings. The van der Waals surface area contributed by atoms with Gasteiger partial charge >= 0.3 is 0 Å². The molecule has 0 bridgehead atoms. The van der Waals surface area contributed by atoms with Crippen LogP contribution in [0.2, 0.25) is 0 Å². The minimum Gasteiger partial charge on any atom is -0.381 e. The van der Waals surface area contributed by atoms with E-state index in [9.17, 15) is 0 Å². The first-order valence-corrected chi connectivity index (χ1v) is 6.86. The summed E-state index contributed by atoms with van der Waals surface area (Å²) in [5.41, 5.74) is 2.41. The maximum atomic E-state index is 3.54. The summed E-state index contributed by atoms with van der Waals surface area (Å²) in [6, 6.07) is 16.6. The molecule has 0 atom stereocenters. The Morgan fingerprint density at radius 3 is 2.38 bits per heavy atom. The minimum absolute atomic E-state index is 0.835. The Labute approximate surface area is 118 Å². The van der Waals surface area contributed by atoms with Gasteiger partial charge in [-0.1, -0.05) is 34.1 Å². The molecule has 2 aromatic rings. The van der Waals surface area contributed by atoms with Gasteiger partial charge in [0, 0.05) is 20.3 Å². The average molecular weight is 388 g/mol. The van der Waals surface area contributed by atoms with Crippen LogP contribution in [0, 0.1) is 3.57 Å². The maximum Gasteiger partial charge on any atom is 0.0411 e. The third-order valence-corrected chi connectivity index (χ3v) is 3.78. The van der Waals surface area contributed by atoms with Gasteiger partial charge in [0.2, 0.25) is 0 Å². The molecule has 3 heteroatoms. The van der Waals surface area contributed by atoms with Gasteiger partial charge in [-0.05, 0) is 58.5 Å². The molecule has 0 fully saturated rings. The normalized spacial score (nSPS) is 10.1. The fraction of sp³-hybridized carbons (Fsp3) is 0.0769. The summed E-state index contributed by atoms with van der Waals surface area (Å²) < 4.78 is 2.40. The summed E-state index contributed by atoms with van der Waals surface area (Å²) in [4.78, 5) is 0. The van der Waals surface area contributed by atoms with Gasteiger partial charge in [0.1, 0.15) is 0 Å². The van der Waals surface area contributed by atoms with Gasteiger partial charge in [0.05, 0.1) is 0 Å². The Balaban J connectivity index is 2.02. The maximum absolute atomic E-state index is 3.54. The summed E-state index contributed by atoms with van der Waals surface area (Å²) in [5.74, 6) is 0. The number of nitrogens with one attached hydrogen (secondary N) is 1. The summed E-state index contributed by atoms with van der Waals surface area (Å²) in [7, 11) is 0. The molecule has 0 heterocycles. The van der Waals surface area contributed by atoms with E-state index in [1.165, 1.54) is 9.13 Å². The molecule has 0 aliphatic carbocycles. The summed E-state index contributed by atoms with van der Waals surface area (Å²) in [6.45, 7) is 0.835. The Morgan fingerprint density at radius 1 is 1.00 bits per heavy atom. The van der Waals surface area contributed by atoms with Crippen molar-refractivity contribution in [3.63, 3.8) is 0 Å². The van der Waals surface area contributed by atoms with E-state index in [-0.39, 0.29) is 0 Å². The fourth-order valence-corrected chi connectivity index (χ4v) is 2.19. The van der Waals surface area contributed by atoms with Crippen LogP contribution in [0.3, 0.4) is 0 Å². The molecule has 0 spiro atoms. The smallest absolute Gasteiger partial charge is 0.0411 e. The molecule has 0 saturated carbocycles. The highest BCUT2D eigenvalue weighted by Crippen LogP contribution is 2.18. The lowest BCUT2D eigenvalue weighted by atomic mass is 10.2. The number of benzene rings is 2. The lowest BCUT2D eigenvalue weighted by Crippen LogP contribution is -1.99. The van der Waals surface area contributed by atoms with Crippen molar-refractivity contribution in [2.24, 2.45) is 0 Å². The van der Waals surface area contributed by atoms with Crippen LogP contribution in [0.15, 0.2) is 53.0 Å². The monoisotopic (exact) mass is 387 g/mol. The highest BCUT2D eigenvalue weighted by Gasteiger charge is 1.98. The molecule has 82 valence electrons. The lowest BCUT2D eigenvalue weighted by molar-refractivity contribution is 1.14. The van der Waals surface area contributed by atoms with Crippen molar-refractivity contribution in [2.75, 3.05) is 5.32 Å². The predicted octanol–water partition coefficient (Wildman–Crippen LogP) is 4.67. The van der Waals surface area contributed by atoms with E-state index in [4.69, 9.17) is 0 Å². The number of hydrogen-bond acceptors (Lipinski definition) is 1. The van der Waals surface area contributed by atoms with Gasteiger partial charge in [-0.3, -0.25) is 0 Å². The topological polar surface area (TPSA) is 12.0 Å². The van der Waals surface area contributed by atoms with E-state index in [0.29, 0.717) is 0 Å². The van der Waals surface area contributed by atoms with Crippen LogP contribution in [-0.2, 0) is 6.54 Å². The summed E-state index contributed by atoms with van der Waals surface area (Å²) in [5, 5.41) is 3.40. The molecule has 0 saturated heterocycles. The first-order valence-electron chi connectivity index (χ1n) is 4.98. The molecule has 0 radical (unpaired) electrons. The van der Waals surface area contributed by atoms with E-state index in [1.807, 2.05) is 6.07 Å². The van der Waals surface area contributed by atoms with Crippen molar-refractivity contribution in [3.05, 3.63) is 62.1 Å². The highest BCUT2D eigenvalue weighted by molar-refractivity contribution is 14.1. The minimum atomic E-state index is 0.835.